The molecule has 0 heterocycles. The lowest BCUT2D eigenvalue weighted by Gasteiger charge is -2.17. The van der Waals surface area contributed by atoms with E-state index in [1.165, 1.54) is 0 Å². The highest BCUT2D eigenvalue weighted by Crippen LogP contribution is 1.84. The van der Waals surface area contributed by atoms with Crippen LogP contribution in [0.1, 0.15) is 20.3 Å². The fraction of sp³-hybridized carbons (Fsp3) is 0.909. The Balaban J connectivity index is 0. The first kappa shape index (κ1) is 19.3. The van der Waals surface area contributed by atoms with Gasteiger partial charge in [0.1, 0.15) is 0 Å². The number of hydrogen-bond donors (Lipinski definition) is 2. The quantitative estimate of drug-likeness (QED) is 0.296. The molecule has 0 radical (unpaired) electrons. The smallest absolute Gasteiger partial charge is 0.191 e. The Morgan fingerprint density at radius 1 is 1.41 bits per heavy atom. The van der Waals surface area contributed by atoms with Crippen LogP contribution in [-0.2, 0) is 9.47 Å². The summed E-state index contributed by atoms with van der Waals surface area (Å²) in [6, 6.07) is 0.253. The second kappa shape index (κ2) is 14.0. The fourth-order valence-corrected chi connectivity index (χ4v) is 1.25. The third-order valence-electron chi connectivity index (χ3n) is 1.99. The summed E-state index contributed by atoms with van der Waals surface area (Å²) in [5.41, 5.74) is 0. The van der Waals surface area contributed by atoms with Crippen LogP contribution < -0.4 is 10.6 Å². The lowest BCUT2D eigenvalue weighted by Crippen LogP contribution is -2.44. The zero-order valence-corrected chi connectivity index (χ0v) is 13.6. The van der Waals surface area contributed by atoms with Crippen molar-refractivity contribution in [1.82, 2.24) is 10.6 Å². The molecule has 0 aliphatic rings. The van der Waals surface area contributed by atoms with E-state index in [0.29, 0.717) is 6.61 Å². The summed E-state index contributed by atoms with van der Waals surface area (Å²) in [5.74, 6) is 0.807. The Bertz CT molecular complexity index is 192. The summed E-state index contributed by atoms with van der Waals surface area (Å²) in [7, 11) is 3.45. The lowest BCUT2D eigenvalue weighted by atomic mass is 10.4. The SMILES string of the molecule is CCOCCCNC(=NC)NC(C)COC.I. The van der Waals surface area contributed by atoms with Gasteiger partial charge in [0.15, 0.2) is 5.96 Å². The van der Waals surface area contributed by atoms with E-state index < -0.39 is 0 Å². The molecule has 0 aromatic rings. The van der Waals surface area contributed by atoms with Gasteiger partial charge in [-0.25, -0.2) is 0 Å². The topological polar surface area (TPSA) is 54.9 Å². The molecular formula is C11H26IN3O2. The molecule has 0 aromatic carbocycles. The van der Waals surface area contributed by atoms with Gasteiger partial charge >= 0.3 is 0 Å². The Hall–Kier alpha value is -0.0800. The predicted octanol–water partition coefficient (Wildman–Crippen LogP) is 1.23. The molecule has 104 valence electrons. The van der Waals surface area contributed by atoms with E-state index in [1.807, 2.05) is 6.92 Å². The van der Waals surface area contributed by atoms with Crippen molar-refractivity contribution in [3.05, 3.63) is 0 Å². The first-order valence-corrected chi connectivity index (χ1v) is 5.78. The van der Waals surface area contributed by atoms with Crippen LogP contribution in [0.15, 0.2) is 4.99 Å². The van der Waals surface area contributed by atoms with Gasteiger partial charge in [-0.2, -0.15) is 0 Å². The number of guanidine groups is 1. The average Bonchev–Trinajstić information content (AvgIpc) is 2.27. The molecule has 0 saturated carbocycles. The second-order valence-electron chi connectivity index (χ2n) is 3.55. The molecule has 0 aromatic heterocycles. The molecule has 0 saturated heterocycles. The molecule has 1 unspecified atom stereocenters. The van der Waals surface area contributed by atoms with Gasteiger partial charge in [0.2, 0.25) is 0 Å². The third-order valence-corrected chi connectivity index (χ3v) is 1.99. The molecule has 1 atom stereocenters. The number of rotatable bonds is 8. The molecule has 0 rings (SSSR count). The molecule has 0 amide bonds. The van der Waals surface area contributed by atoms with Crippen molar-refractivity contribution < 1.29 is 9.47 Å². The number of halogens is 1. The van der Waals surface area contributed by atoms with Crippen LogP contribution in [0.4, 0.5) is 0 Å². The van der Waals surface area contributed by atoms with E-state index in [1.54, 1.807) is 14.2 Å². The monoisotopic (exact) mass is 359 g/mol. The number of nitrogens with zero attached hydrogens (tertiary/aromatic N) is 1. The largest absolute Gasteiger partial charge is 0.383 e. The van der Waals surface area contributed by atoms with Crippen molar-refractivity contribution in [3.63, 3.8) is 0 Å². The first-order valence-electron chi connectivity index (χ1n) is 5.78. The van der Waals surface area contributed by atoms with Crippen LogP contribution >= 0.6 is 24.0 Å². The van der Waals surface area contributed by atoms with Crippen LogP contribution in [0, 0.1) is 0 Å². The van der Waals surface area contributed by atoms with E-state index in [-0.39, 0.29) is 30.0 Å². The lowest BCUT2D eigenvalue weighted by molar-refractivity contribution is 0.145. The molecule has 6 heteroatoms. The maximum absolute atomic E-state index is 5.25. The third kappa shape index (κ3) is 12.2. The van der Waals surface area contributed by atoms with E-state index in [2.05, 4.69) is 22.5 Å². The Morgan fingerprint density at radius 2 is 2.12 bits per heavy atom. The van der Waals surface area contributed by atoms with Crippen molar-refractivity contribution in [2.45, 2.75) is 26.3 Å². The molecule has 2 N–H and O–H groups in total. The minimum atomic E-state index is 0. The minimum absolute atomic E-state index is 0. The molecule has 0 aliphatic carbocycles. The number of methoxy groups -OCH3 is 1. The summed E-state index contributed by atoms with van der Waals surface area (Å²) in [5, 5.41) is 6.45. The maximum atomic E-state index is 5.25. The zero-order valence-electron chi connectivity index (χ0n) is 11.3. The standard InChI is InChI=1S/C11H25N3O2.HI/c1-5-16-8-6-7-13-11(12-3)14-10(2)9-15-4;/h10H,5-9H2,1-4H3,(H2,12,13,14);1H. The van der Waals surface area contributed by atoms with Crippen LogP contribution in [0.25, 0.3) is 0 Å². The van der Waals surface area contributed by atoms with E-state index in [0.717, 1.165) is 32.1 Å². The number of hydrogen-bond acceptors (Lipinski definition) is 3. The van der Waals surface area contributed by atoms with E-state index in [4.69, 9.17) is 9.47 Å². The minimum Gasteiger partial charge on any atom is -0.383 e. The van der Waals surface area contributed by atoms with Gasteiger partial charge in [0.05, 0.1) is 6.61 Å². The molecule has 0 bridgehead atoms. The van der Waals surface area contributed by atoms with Gasteiger partial charge in [-0.1, -0.05) is 0 Å². The van der Waals surface area contributed by atoms with Crippen LogP contribution in [-0.4, -0.2) is 52.5 Å². The maximum Gasteiger partial charge on any atom is 0.191 e. The van der Waals surface area contributed by atoms with Crippen molar-refractivity contribution in [3.8, 4) is 0 Å². The van der Waals surface area contributed by atoms with Crippen LogP contribution in [0.5, 0.6) is 0 Å². The summed E-state index contributed by atoms with van der Waals surface area (Å²) in [6.45, 7) is 7.14. The number of ether oxygens (including phenoxy) is 2. The second-order valence-corrected chi connectivity index (χ2v) is 3.55. The summed E-state index contributed by atoms with van der Waals surface area (Å²) >= 11 is 0. The first-order chi connectivity index (χ1) is 7.74. The van der Waals surface area contributed by atoms with Gasteiger partial charge < -0.3 is 20.1 Å². The van der Waals surface area contributed by atoms with Crippen molar-refractivity contribution in [2.75, 3.05) is 40.5 Å². The van der Waals surface area contributed by atoms with Crippen molar-refractivity contribution >= 4 is 29.9 Å². The molecule has 17 heavy (non-hydrogen) atoms. The number of nitrogens with one attached hydrogen (secondary N) is 2. The Labute approximate surface area is 122 Å². The number of aliphatic imine (C=N–C) groups is 1. The van der Waals surface area contributed by atoms with Crippen molar-refractivity contribution in [1.29, 1.82) is 0 Å². The van der Waals surface area contributed by atoms with Gasteiger partial charge in [-0.15, -0.1) is 24.0 Å². The molecule has 0 aliphatic heterocycles. The van der Waals surface area contributed by atoms with Crippen LogP contribution in [0.3, 0.4) is 0 Å². The van der Waals surface area contributed by atoms with Gasteiger partial charge in [0.25, 0.3) is 0 Å². The average molecular weight is 359 g/mol. The summed E-state index contributed by atoms with van der Waals surface area (Å²) in [4.78, 5) is 4.13. The van der Waals surface area contributed by atoms with Gasteiger partial charge in [-0.3, -0.25) is 4.99 Å². The van der Waals surface area contributed by atoms with Crippen molar-refractivity contribution in [2.24, 2.45) is 4.99 Å². The highest BCUT2D eigenvalue weighted by molar-refractivity contribution is 14.0. The normalized spacial score (nSPS) is 12.8. The highest BCUT2D eigenvalue weighted by atomic mass is 127. The molecule has 0 spiro atoms. The van der Waals surface area contributed by atoms with Crippen LogP contribution in [0.2, 0.25) is 0 Å². The highest BCUT2D eigenvalue weighted by Gasteiger charge is 2.03. The fourth-order valence-electron chi connectivity index (χ4n) is 1.25. The van der Waals surface area contributed by atoms with E-state index >= 15 is 0 Å². The predicted molar refractivity (Wildman–Crippen MR) is 82.4 cm³/mol. The van der Waals surface area contributed by atoms with E-state index in [9.17, 15) is 0 Å². The van der Waals surface area contributed by atoms with Gasteiger partial charge in [0, 0.05) is 40.0 Å². The molecule has 5 nitrogen and oxygen atoms in total. The van der Waals surface area contributed by atoms with Gasteiger partial charge in [-0.05, 0) is 20.3 Å². The molecular weight excluding hydrogens is 333 g/mol. The Morgan fingerprint density at radius 3 is 2.65 bits per heavy atom. The molecule has 0 fully saturated rings. The zero-order chi connectivity index (χ0) is 12.2. The summed E-state index contributed by atoms with van der Waals surface area (Å²) in [6.07, 6.45) is 0.979. The Kier molecular flexibility index (Phi) is 15.8. The summed E-state index contributed by atoms with van der Waals surface area (Å²) < 4.78 is 10.3.